The first-order valence-corrected chi connectivity index (χ1v) is 17.8. The van der Waals surface area contributed by atoms with Gasteiger partial charge in [0.05, 0.1) is 12.9 Å². The fraction of sp³-hybridized carbons (Fsp3) is 0.867. The lowest BCUT2D eigenvalue weighted by Gasteiger charge is -2.60. The zero-order valence-electron chi connectivity index (χ0n) is 24.0. The van der Waals surface area contributed by atoms with Crippen molar-refractivity contribution < 1.29 is 23.5 Å². The first kappa shape index (κ1) is 27.7. The molecule has 0 N–H and O–H groups in total. The number of hydrogen-bond donors (Lipinski definition) is 0. The quantitative estimate of drug-likeness (QED) is 0.265. The van der Waals surface area contributed by atoms with Crippen molar-refractivity contribution in [1.82, 2.24) is 0 Å². The highest BCUT2D eigenvalue weighted by molar-refractivity contribution is 6.70. The topological polar surface area (TPSA) is 61.8 Å². The minimum absolute atomic E-state index is 0.00568. The zero-order valence-corrected chi connectivity index (χ0v) is 25.0. The summed E-state index contributed by atoms with van der Waals surface area (Å²) in [4.78, 5) is 23.6. The van der Waals surface area contributed by atoms with Crippen LogP contribution in [-0.4, -0.2) is 33.5 Å². The number of ether oxygens (including phenoxy) is 2. The van der Waals surface area contributed by atoms with Crippen LogP contribution in [0.4, 0.5) is 0 Å². The van der Waals surface area contributed by atoms with E-state index in [1.165, 1.54) is 45.5 Å². The second-order valence-corrected chi connectivity index (χ2v) is 18.4. The largest absolute Gasteiger partial charge is 0.547 e. The Labute approximate surface area is 220 Å². The average Bonchev–Trinajstić information content (AvgIpc) is 3.14. The van der Waals surface area contributed by atoms with Crippen molar-refractivity contribution in [3.05, 3.63) is 11.8 Å². The predicted octanol–water partition coefficient (Wildman–Crippen LogP) is 7.12. The third kappa shape index (κ3) is 5.17. The molecule has 0 aromatic carbocycles. The molecule has 4 aliphatic carbocycles. The zero-order chi connectivity index (χ0) is 26.5. The van der Waals surface area contributed by atoms with Crippen LogP contribution in [0.15, 0.2) is 11.8 Å². The summed E-state index contributed by atoms with van der Waals surface area (Å²) in [5.74, 6) is 4.38. The molecule has 5 unspecified atom stereocenters. The van der Waals surface area contributed by atoms with Crippen molar-refractivity contribution in [2.24, 2.45) is 46.3 Å². The number of rotatable bonds is 7. The molecule has 0 spiro atoms. The Balaban J connectivity index is 1.63. The van der Waals surface area contributed by atoms with Crippen LogP contribution in [0.1, 0.15) is 85.5 Å². The number of carbonyl (C=O) groups excluding carboxylic acids is 2. The molecule has 9 atom stereocenters. The number of allylic oxidation sites excluding steroid dienone is 2. The van der Waals surface area contributed by atoms with Crippen LogP contribution in [0.3, 0.4) is 0 Å². The Morgan fingerprint density at radius 1 is 1.06 bits per heavy atom. The average molecular weight is 519 g/mol. The van der Waals surface area contributed by atoms with E-state index < -0.39 is 8.32 Å². The van der Waals surface area contributed by atoms with Crippen molar-refractivity contribution in [2.45, 2.75) is 111 Å². The van der Waals surface area contributed by atoms with E-state index in [0.717, 1.165) is 25.7 Å². The van der Waals surface area contributed by atoms with Crippen LogP contribution in [0.2, 0.25) is 19.6 Å². The second kappa shape index (κ2) is 10.1. The third-order valence-corrected chi connectivity index (χ3v) is 11.6. The molecule has 0 aromatic rings. The molecule has 204 valence electrons. The lowest BCUT2D eigenvalue weighted by molar-refractivity contribution is -0.154. The Morgan fingerprint density at radius 2 is 1.72 bits per heavy atom. The van der Waals surface area contributed by atoms with Crippen LogP contribution in [0.5, 0.6) is 0 Å². The van der Waals surface area contributed by atoms with Gasteiger partial charge in [-0.2, -0.15) is 0 Å². The molecule has 4 rings (SSSR count). The Hall–Kier alpha value is -1.30. The summed E-state index contributed by atoms with van der Waals surface area (Å²) in [6, 6.07) is 0. The molecule has 0 radical (unpaired) electrons. The maximum atomic E-state index is 11.8. The normalized spacial score (nSPS) is 40.7. The maximum absolute atomic E-state index is 11.8. The fourth-order valence-corrected chi connectivity index (χ4v) is 10.0. The summed E-state index contributed by atoms with van der Waals surface area (Å²) >= 11 is 0. The fourth-order valence-electron chi connectivity index (χ4n) is 9.11. The standard InChI is InChI=1S/C30H50O5Si/c1-19(9-12-28(32)33-5)23-10-11-24-22-18-27(35-36(6,7)8)26-17-21(34-20(2)31)13-15-30(26,4)25(22)14-16-29(23,24)3/h18-19,21-26H,9-17H2,1-8H3/t19-,21-,22?,23?,24?,25?,26?,29-,30-/m1/s1. The minimum atomic E-state index is -1.79. The minimum Gasteiger partial charge on any atom is -0.547 e. The van der Waals surface area contributed by atoms with Crippen LogP contribution in [-0.2, 0) is 23.5 Å². The molecular formula is C30H50O5Si. The Morgan fingerprint density at radius 3 is 2.36 bits per heavy atom. The first-order chi connectivity index (χ1) is 16.8. The molecule has 5 nitrogen and oxygen atoms in total. The first-order valence-electron chi connectivity index (χ1n) is 14.4. The van der Waals surface area contributed by atoms with Crippen molar-refractivity contribution in [1.29, 1.82) is 0 Å². The molecule has 6 heteroatoms. The molecule has 4 aliphatic rings. The number of fused-ring (bicyclic) bond motifs is 5. The second-order valence-electron chi connectivity index (χ2n) is 14.0. The third-order valence-electron chi connectivity index (χ3n) is 10.7. The van der Waals surface area contributed by atoms with Crippen LogP contribution in [0, 0.1) is 46.3 Å². The van der Waals surface area contributed by atoms with Gasteiger partial charge in [-0.05, 0) is 118 Å². The van der Waals surface area contributed by atoms with Gasteiger partial charge in [-0.1, -0.05) is 20.8 Å². The van der Waals surface area contributed by atoms with E-state index in [1.807, 2.05) is 0 Å². The molecule has 0 aromatic heterocycles. The molecule has 3 saturated carbocycles. The summed E-state index contributed by atoms with van der Waals surface area (Å²) in [7, 11) is -0.303. The van der Waals surface area contributed by atoms with E-state index in [4.69, 9.17) is 13.9 Å². The Kier molecular flexibility index (Phi) is 7.78. The highest BCUT2D eigenvalue weighted by Crippen LogP contribution is 2.68. The molecule has 0 heterocycles. The van der Waals surface area contributed by atoms with Gasteiger partial charge in [0.1, 0.15) is 6.10 Å². The summed E-state index contributed by atoms with van der Waals surface area (Å²) < 4.78 is 17.5. The monoisotopic (exact) mass is 518 g/mol. The molecular weight excluding hydrogens is 468 g/mol. The lowest BCUT2D eigenvalue weighted by Crippen LogP contribution is -2.54. The number of esters is 2. The molecule has 36 heavy (non-hydrogen) atoms. The van der Waals surface area contributed by atoms with Gasteiger partial charge in [0.2, 0.25) is 8.32 Å². The van der Waals surface area contributed by atoms with Gasteiger partial charge >= 0.3 is 11.9 Å². The van der Waals surface area contributed by atoms with Crippen molar-refractivity contribution in [3.63, 3.8) is 0 Å². The number of carbonyl (C=O) groups is 2. The summed E-state index contributed by atoms with van der Waals surface area (Å²) in [6.45, 7) is 15.8. The van der Waals surface area contributed by atoms with E-state index in [-0.39, 0.29) is 23.5 Å². The maximum Gasteiger partial charge on any atom is 0.305 e. The lowest BCUT2D eigenvalue weighted by atomic mass is 9.46. The van der Waals surface area contributed by atoms with Crippen LogP contribution < -0.4 is 0 Å². The molecule has 0 bridgehead atoms. The summed E-state index contributed by atoms with van der Waals surface area (Å²) in [5, 5.41) is 0. The predicted molar refractivity (Wildman–Crippen MR) is 144 cm³/mol. The SMILES string of the molecule is COC(=O)CC[C@@H](C)C1CCC2C3C=C(O[Si](C)(C)C)C4C[C@H](OC(C)=O)CC[C@]4(C)C3CC[C@@]21C. The number of methoxy groups -OCH3 is 1. The van der Waals surface area contributed by atoms with E-state index in [1.54, 1.807) is 0 Å². The van der Waals surface area contributed by atoms with Crippen molar-refractivity contribution >= 4 is 20.3 Å². The van der Waals surface area contributed by atoms with Crippen molar-refractivity contribution in [2.75, 3.05) is 7.11 Å². The Bertz CT molecular complexity index is 877. The van der Waals surface area contributed by atoms with Gasteiger partial charge in [-0.25, -0.2) is 0 Å². The van der Waals surface area contributed by atoms with E-state index >= 15 is 0 Å². The van der Waals surface area contributed by atoms with Gasteiger partial charge in [0.15, 0.2) is 0 Å². The van der Waals surface area contributed by atoms with Gasteiger partial charge in [0, 0.05) is 19.3 Å². The van der Waals surface area contributed by atoms with Crippen molar-refractivity contribution in [3.8, 4) is 0 Å². The highest BCUT2D eigenvalue weighted by Gasteiger charge is 2.61. The van der Waals surface area contributed by atoms with Crippen LogP contribution in [0.25, 0.3) is 0 Å². The van der Waals surface area contributed by atoms with Gasteiger partial charge in [-0.15, -0.1) is 0 Å². The smallest absolute Gasteiger partial charge is 0.305 e. The molecule has 3 fully saturated rings. The van der Waals surface area contributed by atoms with Crippen LogP contribution >= 0.6 is 0 Å². The van der Waals surface area contributed by atoms with E-state index in [0.29, 0.717) is 47.3 Å². The molecule has 0 saturated heterocycles. The van der Waals surface area contributed by atoms with Gasteiger partial charge in [-0.3, -0.25) is 9.59 Å². The molecule has 0 amide bonds. The highest BCUT2D eigenvalue weighted by atomic mass is 28.4. The summed E-state index contributed by atoms with van der Waals surface area (Å²) in [6.07, 6.45) is 12.1. The number of hydrogen-bond acceptors (Lipinski definition) is 5. The summed E-state index contributed by atoms with van der Waals surface area (Å²) in [5.41, 5.74) is 0.510. The van der Waals surface area contributed by atoms with Gasteiger partial charge in [0.25, 0.3) is 0 Å². The molecule has 0 aliphatic heterocycles. The van der Waals surface area contributed by atoms with E-state index in [9.17, 15) is 9.59 Å². The van der Waals surface area contributed by atoms with Gasteiger partial charge < -0.3 is 13.9 Å². The van der Waals surface area contributed by atoms with E-state index in [2.05, 4.69) is 46.5 Å².